The second-order valence-corrected chi connectivity index (χ2v) is 5.48. The zero-order valence-electron chi connectivity index (χ0n) is 13.4. The molecule has 24 heavy (non-hydrogen) atoms. The van der Waals surface area contributed by atoms with Gasteiger partial charge in [0.05, 0.1) is 17.8 Å². The first kappa shape index (κ1) is 15.8. The number of hydrogen-bond donors (Lipinski definition) is 0. The zero-order valence-corrected chi connectivity index (χ0v) is 13.4. The summed E-state index contributed by atoms with van der Waals surface area (Å²) in [4.78, 5) is 37.8. The molecule has 7 nitrogen and oxygen atoms in total. The van der Waals surface area contributed by atoms with Gasteiger partial charge in [0.1, 0.15) is 12.4 Å². The number of para-hydroxylation sites is 2. The van der Waals surface area contributed by atoms with Crippen molar-refractivity contribution in [2.45, 2.75) is 0 Å². The number of rotatable bonds is 2. The number of nitrogens with zero attached hydrogens (tertiary/aromatic N) is 3. The molecule has 0 fully saturated rings. The van der Waals surface area contributed by atoms with Gasteiger partial charge in [-0.3, -0.25) is 14.2 Å². The molecule has 7 heteroatoms. The highest BCUT2D eigenvalue weighted by molar-refractivity contribution is 6.04. The predicted octanol–water partition coefficient (Wildman–Crippen LogP) is 0.523. The Hall–Kier alpha value is -3.09. The van der Waals surface area contributed by atoms with Gasteiger partial charge in [0.15, 0.2) is 0 Å². The SMILES string of the molecule is Cn1cc(/C=C/C(=O)N2CCOc3ccccc32)c(=O)n(C)c1=O. The fourth-order valence-electron chi connectivity index (χ4n) is 2.60. The number of hydrogen-bond acceptors (Lipinski definition) is 4. The summed E-state index contributed by atoms with van der Waals surface area (Å²) >= 11 is 0. The number of fused-ring (bicyclic) bond motifs is 1. The lowest BCUT2D eigenvalue weighted by Gasteiger charge is -2.28. The Labute approximate surface area is 138 Å². The highest BCUT2D eigenvalue weighted by Crippen LogP contribution is 2.30. The van der Waals surface area contributed by atoms with Crippen molar-refractivity contribution in [1.82, 2.24) is 9.13 Å². The molecule has 1 aliphatic rings. The summed E-state index contributed by atoms with van der Waals surface area (Å²) in [5, 5.41) is 0. The molecule has 2 aromatic rings. The molecule has 0 saturated heterocycles. The molecule has 2 heterocycles. The number of aromatic nitrogens is 2. The van der Waals surface area contributed by atoms with Gasteiger partial charge in [-0.2, -0.15) is 0 Å². The van der Waals surface area contributed by atoms with E-state index in [4.69, 9.17) is 4.74 Å². The van der Waals surface area contributed by atoms with Crippen LogP contribution in [0.4, 0.5) is 5.69 Å². The smallest absolute Gasteiger partial charge is 0.330 e. The third-order valence-corrected chi connectivity index (χ3v) is 3.87. The van der Waals surface area contributed by atoms with E-state index in [9.17, 15) is 14.4 Å². The minimum absolute atomic E-state index is 0.248. The number of benzene rings is 1. The molecular formula is C17H17N3O4. The molecule has 0 spiro atoms. The second kappa shape index (κ2) is 6.19. The van der Waals surface area contributed by atoms with E-state index in [2.05, 4.69) is 0 Å². The topological polar surface area (TPSA) is 73.5 Å². The van der Waals surface area contributed by atoms with Crippen LogP contribution in [0.25, 0.3) is 6.08 Å². The van der Waals surface area contributed by atoms with Crippen LogP contribution in [-0.4, -0.2) is 28.2 Å². The fraction of sp³-hybridized carbons (Fsp3) is 0.235. The molecular weight excluding hydrogens is 310 g/mol. The number of carbonyl (C=O) groups is 1. The van der Waals surface area contributed by atoms with Crippen LogP contribution < -0.4 is 20.9 Å². The van der Waals surface area contributed by atoms with Gasteiger partial charge in [0.25, 0.3) is 11.5 Å². The van der Waals surface area contributed by atoms with E-state index in [1.54, 1.807) is 18.0 Å². The summed E-state index contributed by atoms with van der Waals surface area (Å²) in [6, 6.07) is 7.30. The Morgan fingerprint density at radius 1 is 1.21 bits per heavy atom. The molecule has 0 bridgehead atoms. The Morgan fingerprint density at radius 2 is 1.96 bits per heavy atom. The van der Waals surface area contributed by atoms with Gasteiger partial charge in [0.2, 0.25) is 0 Å². The van der Waals surface area contributed by atoms with Crippen molar-refractivity contribution >= 4 is 17.7 Å². The van der Waals surface area contributed by atoms with Crippen LogP contribution in [0, 0.1) is 0 Å². The van der Waals surface area contributed by atoms with Crippen molar-refractivity contribution in [3.05, 3.63) is 62.9 Å². The first-order valence-electron chi connectivity index (χ1n) is 7.47. The average Bonchev–Trinajstić information content (AvgIpc) is 2.61. The summed E-state index contributed by atoms with van der Waals surface area (Å²) in [5.41, 5.74) is 0.122. The molecule has 0 N–H and O–H groups in total. The lowest BCUT2D eigenvalue weighted by Crippen LogP contribution is -2.38. The lowest BCUT2D eigenvalue weighted by molar-refractivity contribution is -0.114. The highest BCUT2D eigenvalue weighted by atomic mass is 16.5. The number of anilines is 1. The molecule has 0 atom stereocenters. The molecule has 1 aromatic heterocycles. The van der Waals surface area contributed by atoms with E-state index in [0.717, 1.165) is 4.57 Å². The minimum atomic E-state index is -0.440. The van der Waals surface area contributed by atoms with Crippen molar-refractivity contribution in [3.63, 3.8) is 0 Å². The Morgan fingerprint density at radius 3 is 2.75 bits per heavy atom. The molecule has 1 aliphatic heterocycles. The maximum atomic E-state index is 12.5. The normalized spacial score (nSPS) is 13.7. The van der Waals surface area contributed by atoms with E-state index in [1.165, 1.54) is 30.0 Å². The monoisotopic (exact) mass is 327 g/mol. The molecule has 0 aliphatic carbocycles. The first-order chi connectivity index (χ1) is 11.5. The Bertz CT molecular complexity index is 940. The molecule has 1 aromatic carbocycles. The van der Waals surface area contributed by atoms with Crippen LogP contribution >= 0.6 is 0 Å². The first-order valence-corrected chi connectivity index (χ1v) is 7.47. The van der Waals surface area contributed by atoms with Gasteiger partial charge in [-0.15, -0.1) is 0 Å². The second-order valence-electron chi connectivity index (χ2n) is 5.48. The van der Waals surface area contributed by atoms with Gasteiger partial charge in [-0.25, -0.2) is 4.79 Å². The number of ether oxygens (including phenoxy) is 1. The summed E-state index contributed by atoms with van der Waals surface area (Å²) in [5.74, 6) is 0.408. The van der Waals surface area contributed by atoms with Gasteiger partial charge in [0, 0.05) is 26.4 Å². The van der Waals surface area contributed by atoms with Crippen molar-refractivity contribution < 1.29 is 9.53 Å². The van der Waals surface area contributed by atoms with Crippen molar-refractivity contribution in [3.8, 4) is 5.75 Å². The highest BCUT2D eigenvalue weighted by Gasteiger charge is 2.21. The average molecular weight is 327 g/mol. The number of aryl methyl sites for hydroxylation is 1. The minimum Gasteiger partial charge on any atom is -0.490 e. The molecule has 3 rings (SSSR count). The van der Waals surface area contributed by atoms with E-state index in [0.29, 0.717) is 24.6 Å². The van der Waals surface area contributed by atoms with E-state index < -0.39 is 11.2 Å². The van der Waals surface area contributed by atoms with Gasteiger partial charge >= 0.3 is 5.69 Å². The molecule has 0 unspecified atom stereocenters. The van der Waals surface area contributed by atoms with Crippen LogP contribution in [0.2, 0.25) is 0 Å². The van der Waals surface area contributed by atoms with Gasteiger partial charge < -0.3 is 14.2 Å². The van der Waals surface area contributed by atoms with Crippen molar-refractivity contribution in [1.29, 1.82) is 0 Å². The predicted molar refractivity (Wildman–Crippen MR) is 90.2 cm³/mol. The largest absolute Gasteiger partial charge is 0.490 e. The standard InChI is InChI=1S/C17H17N3O4/c1-18-11-12(16(22)19(2)17(18)23)7-8-15(21)20-9-10-24-14-6-4-3-5-13(14)20/h3-8,11H,9-10H2,1-2H3/b8-7+. The third-order valence-electron chi connectivity index (χ3n) is 3.87. The fourth-order valence-corrected chi connectivity index (χ4v) is 2.60. The van der Waals surface area contributed by atoms with Crippen LogP contribution in [0.1, 0.15) is 5.56 Å². The number of carbonyl (C=O) groups excluding carboxylic acids is 1. The summed E-state index contributed by atoms with van der Waals surface area (Å²) in [7, 11) is 2.96. The Balaban J connectivity index is 1.90. The molecule has 124 valence electrons. The lowest BCUT2D eigenvalue weighted by atomic mass is 10.2. The van der Waals surface area contributed by atoms with Gasteiger partial charge in [-0.05, 0) is 18.2 Å². The van der Waals surface area contributed by atoms with Crippen LogP contribution in [0.15, 0.2) is 46.1 Å². The summed E-state index contributed by atoms with van der Waals surface area (Å²) in [6.07, 6.45) is 4.19. The molecule has 1 amide bonds. The summed E-state index contributed by atoms with van der Waals surface area (Å²) in [6.45, 7) is 0.851. The van der Waals surface area contributed by atoms with Crippen LogP contribution in [-0.2, 0) is 18.9 Å². The van der Waals surface area contributed by atoms with Crippen molar-refractivity contribution in [2.24, 2.45) is 14.1 Å². The molecule has 0 radical (unpaired) electrons. The van der Waals surface area contributed by atoms with Gasteiger partial charge in [-0.1, -0.05) is 12.1 Å². The van der Waals surface area contributed by atoms with E-state index in [-0.39, 0.29) is 11.5 Å². The molecule has 0 saturated carbocycles. The summed E-state index contributed by atoms with van der Waals surface area (Å²) < 4.78 is 7.83. The van der Waals surface area contributed by atoms with E-state index >= 15 is 0 Å². The van der Waals surface area contributed by atoms with Crippen molar-refractivity contribution in [2.75, 3.05) is 18.1 Å². The van der Waals surface area contributed by atoms with Crippen LogP contribution in [0.5, 0.6) is 5.75 Å². The number of amides is 1. The Kier molecular flexibility index (Phi) is 4.07. The maximum Gasteiger partial charge on any atom is 0.330 e. The quantitative estimate of drug-likeness (QED) is 0.754. The van der Waals surface area contributed by atoms with Crippen LogP contribution in [0.3, 0.4) is 0 Å². The van der Waals surface area contributed by atoms with E-state index in [1.807, 2.05) is 18.2 Å². The zero-order chi connectivity index (χ0) is 17.3. The third kappa shape index (κ3) is 2.76. The maximum absolute atomic E-state index is 12.5.